The van der Waals surface area contributed by atoms with Crippen molar-refractivity contribution in [1.29, 1.82) is 0 Å². The summed E-state index contributed by atoms with van der Waals surface area (Å²) < 4.78 is 0. The van der Waals surface area contributed by atoms with E-state index in [2.05, 4.69) is 32.0 Å². The van der Waals surface area contributed by atoms with Gasteiger partial charge in [-0.25, -0.2) is 0 Å². The van der Waals surface area contributed by atoms with Gasteiger partial charge in [0.15, 0.2) is 0 Å². The van der Waals surface area contributed by atoms with Gasteiger partial charge >= 0.3 is 0 Å². The Kier molecular flexibility index (Phi) is 2.60. The lowest BCUT2D eigenvalue weighted by Crippen LogP contribution is -2.20. The van der Waals surface area contributed by atoms with Crippen molar-refractivity contribution in [2.45, 2.75) is 39.2 Å². The quantitative estimate of drug-likeness (QED) is 0.759. The SMILES string of the molecule is Cc1ccc(C(O)C2CCC2)c(C)c1. The lowest BCUT2D eigenvalue weighted by molar-refractivity contribution is 0.0616. The molecular weight excluding hydrogens is 172 g/mol. The molecule has 1 saturated carbocycles. The molecule has 1 heteroatoms. The second-order valence-electron chi connectivity index (χ2n) is 4.50. The minimum Gasteiger partial charge on any atom is -0.388 e. The van der Waals surface area contributed by atoms with Crippen molar-refractivity contribution in [3.8, 4) is 0 Å². The lowest BCUT2D eigenvalue weighted by Gasteiger charge is -2.31. The Morgan fingerprint density at radius 2 is 2.00 bits per heavy atom. The fraction of sp³-hybridized carbons (Fsp3) is 0.538. The Balaban J connectivity index is 2.22. The Labute approximate surface area is 85.8 Å². The molecule has 1 fully saturated rings. The van der Waals surface area contributed by atoms with Crippen LogP contribution < -0.4 is 0 Å². The summed E-state index contributed by atoms with van der Waals surface area (Å²) in [5.41, 5.74) is 3.62. The van der Waals surface area contributed by atoms with Gasteiger partial charge in [-0.05, 0) is 43.7 Å². The lowest BCUT2D eigenvalue weighted by atomic mass is 9.78. The number of benzene rings is 1. The number of aliphatic hydroxyl groups is 1. The van der Waals surface area contributed by atoms with Crippen LogP contribution in [0.2, 0.25) is 0 Å². The third-order valence-corrected chi connectivity index (χ3v) is 3.34. The smallest absolute Gasteiger partial charge is 0.0820 e. The minimum atomic E-state index is -0.232. The Morgan fingerprint density at radius 3 is 2.50 bits per heavy atom. The number of hydrogen-bond acceptors (Lipinski definition) is 1. The molecule has 1 N–H and O–H groups in total. The molecule has 1 unspecified atom stereocenters. The van der Waals surface area contributed by atoms with E-state index in [0.717, 1.165) is 5.56 Å². The van der Waals surface area contributed by atoms with Crippen LogP contribution in [0.5, 0.6) is 0 Å². The topological polar surface area (TPSA) is 20.2 Å². The van der Waals surface area contributed by atoms with Crippen LogP contribution in [0, 0.1) is 19.8 Å². The average molecular weight is 190 g/mol. The summed E-state index contributed by atoms with van der Waals surface area (Å²) in [6.07, 6.45) is 3.43. The summed E-state index contributed by atoms with van der Waals surface area (Å²) in [4.78, 5) is 0. The molecule has 0 saturated heterocycles. The zero-order valence-electron chi connectivity index (χ0n) is 8.96. The molecule has 0 bridgehead atoms. The van der Waals surface area contributed by atoms with Gasteiger partial charge in [-0.1, -0.05) is 30.2 Å². The molecule has 1 aliphatic carbocycles. The fourth-order valence-electron chi connectivity index (χ4n) is 2.17. The molecule has 0 heterocycles. The zero-order chi connectivity index (χ0) is 10.1. The molecular formula is C13H18O. The predicted molar refractivity (Wildman–Crippen MR) is 58.2 cm³/mol. The third kappa shape index (κ3) is 1.69. The highest BCUT2D eigenvalue weighted by molar-refractivity contribution is 5.32. The summed E-state index contributed by atoms with van der Waals surface area (Å²) in [5, 5.41) is 10.1. The zero-order valence-corrected chi connectivity index (χ0v) is 8.96. The molecule has 0 spiro atoms. The van der Waals surface area contributed by atoms with Gasteiger partial charge in [-0.15, -0.1) is 0 Å². The molecule has 76 valence electrons. The number of aliphatic hydroxyl groups excluding tert-OH is 1. The van der Waals surface area contributed by atoms with Gasteiger partial charge in [-0.2, -0.15) is 0 Å². The summed E-state index contributed by atoms with van der Waals surface area (Å²) in [6, 6.07) is 6.31. The fourth-order valence-corrected chi connectivity index (χ4v) is 2.17. The standard InChI is InChI=1S/C13H18O/c1-9-6-7-12(10(2)8-9)13(14)11-4-3-5-11/h6-8,11,13-14H,3-5H2,1-2H3. The normalized spacial score (nSPS) is 19.1. The maximum absolute atomic E-state index is 10.1. The molecule has 1 aliphatic rings. The molecule has 14 heavy (non-hydrogen) atoms. The van der Waals surface area contributed by atoms with Crippen LogP contribution in [0.1, 0.15) is 42.1 Å². The first-order valence-electron chi connectivity index (χ1n) is 5.43. The van der Waals surface area contributed by atoms with E-state index in [9.17, 15) is 5.11 Å². The molecule has 0 aromatic heterocycles. The summed E-state index contributed by atoms with van der Waals surface area (Å²) in [6.45, 7) is 4.18. The van der Waals surface area contributed by atoms with Crippen LogP contribution in [0.25, 0.3) is 0 Å². The second kappa shape index (κ2) is 3.74. The van der Waals surface area contributed by atoms with E-state index in [0.29, 0.717) is 5.92 Å². The molecule has 1 aromatic rings. The van der Waals surface area contributed by atoms with Gasteiger partial charge in [0.1, 0.15) is 0 Å². The second-order valence-corrected chi connectivity index (χ2v) is 4.50. The van der Waals surface area contributed by atoms with Crippen LogP contribution in [-0.4, -0.2) is 5.11 Å². The van der Waals surface area contributed by atoms with Gasteiger partial charge < -0.3 is 5.11 Å². The van der Waals surface area contributed by atoms with Crippen LogP contribution >= 0.6 is 0 Å². The Hall–Kier alpha value is -0.820. The predicted octanol–water partition coefficient (Wildman–Crippen LogP) is 3.14. The highest BCUT2D eigenvalue weighted by Crippen LogP contribution is 2.38. The van der Waals surface area contributed by atoms with Crippen molar-refractivity contribution in [3.05, 3.63) is 34.9 Å². The summed E-state index contributed by atoms with van der Waals surface area (Å²) in [5.74, 6) is 0.511. The molecule has 0 radical (unpaired) electrons. The Bertz CT molecular complexity index is 326. The van der Waals surface area contributed by atoms with Crippen LogP contribution in [0.15, 0.2) is 18.2 Å². The Morgan fingerprint density at radius 1 is 1.29 bits per heavy atom. The highest BCUT2D eigenvalue weighted by atomic mass is 16.3. The van der Waals surface area contributed by atoms with E-state index in [-0.39, 0.29) is 6.10 Å². The van der Waals surface area contributed by atoms with Gasteiger partial charge in [0.2, 0.25) is 0 Å². The van der Waals surface area contributed by atoms with Crippen molar-refractivity contribution in [2.24, 2.45) is 5.92 Å². The molecule has 1 atom stereocenters. The van der Waals surface area contributed by atoms with Gasteiger partial charge in [0, 0.05) is 0 Å². The number of hydrogen-bond donors (Lipinski definition) is 1. The number of aryl methyl sites for hydroxylation is 2. The van der Waals surface area contributed by atoms with Crippen LogP contribution in [-0.2, 0) is 0 Å². The van der Waals surface area contributed by atoms with Crippen molar-refractivity contribution in [3.63, 3.8) is 0 Å². The highest BCUT2D eigenvalue weighted by Gasteiger charge is 2.27. The van der Waals surface area contributed by atoms with Crippen LogP contribution in [0.3, 0.4) is 0 Å². The first-order chi connectivity index (χ1) is 6.68. The van der Waals surface area contributed by atoms with Gasteiger partial charge in [0.05, 0.1) is 6.10 Å². The monoisotopic (exact) mass is 190 g/mol. The molecule has 1 aromatic carbocycles. The van der Waals surface area contributed by atoms with E-state index >= 15 is 0 Å². The maximum Gasteiger partial charge on any atom is 0.0820 e. The summed E-state index contributed by atoms with van der Waals surface area (Å²) >= 11 is 0. The van der Waals surface area contributed by atoms with Gasteiger partial charge in [-0.3, -0.25) is 0 Å². The van der Waals surface area contributed by atoms with E-state index in [1.165, 1.54) is 30.4 Å². The van der Waals surface area contributed by atoms with E-state index in [1.54, 1.807) is 0 Å². The largest absolute Gasteiger partial charge is 0.388 e. The number of rotatable bonds is 2. The average Bonchev–Trinajstić information content (AvgIpc) is 2.00. The maximum atomic E-state index is 10.1. The van der Waals surface area contributed by atoms with Crippen molar-refractivity contribution < 1.29 is 5.11 Å². The van der Waals surface area contributed by atoms with Crippen molar-refractivity contribution >= 4 is 0 Å². The van der Waals surface area contributed by atoms with E-state index in [4.69, 9.17) is 0 Å². The van der Waals surface area contributed by atoms with E-state index in [1.807, 2.05) is 0 Å². The molecule has 0 aliphatic heterocycles. The first kappa shape index (κ1) is 9.72. The first-order valence-corrected chi connectivity index (χ1v) is 5.43. The van der Waals surface area contributed by atoms with Crippen LogP contribution in [0.4, 0.5) is 0 Å². The van der Waals surface area contributed by atoms with Crippen molar-refractivity contribution in [2.75, 3.05) is 0 Å². The van der Waals surface area contributed by atoms with Gasteiger partial charge in [0.25, 0.3) is 0 Å². The molecule has 0 amide bonds. The third-order valence-electron chi connectivity index (χ3n) is 3.34. The molecule has 1 nitrogen and oxygen atoms in total. The summed E-state index contributed by atoms with van der Waals surface area (Å²) in [7, 11) is 0. The van der Waals surface area contributed by atoms with E-state index < -0.39 is 0 Å². The minimum absolute atomic E-state index is 0.232. The van der Waals surface area contributed by atoms with Crippen molar-refractivity contribution in [1.82, 2.24) is 0 Å². The molecule has 2 rings (SSSR count).